The number of rotatable bonds is 4. The van der Waals surface area contributed by atoms with Crippen LogP contribution in [-0.4, -0.2) is 52.5 Å². The Labute approximate surface area is 152 Å². The molecule has 1 aliphatic rings. The van der Waals surface area contributed by atoms with Gasteiger partial charge in [-0.1, -0.05) is 18.2 Å². The highest BCUT2D eigenvalue weighted by Gasteiger charge is 2.25. The van der Waals surface area contributed by atoms with Crippen molar-refractivity contribution in [3.63, 3.8) is 0 Å². The Bertz CT molecular complexity index is 895. The number of nitrogens with zero attached hydrogens (tertiary/aromatic N) is 2. The number of hydrogen-bond acceptors (Lipinski definition) is 4. The van der Waals surface area contributed by atoms with Gasteiger partial charge in [0.15, 0.2) is 0 Å². The minimum atomic E-state index is -3.74. The Morgan fingerprint density at radius 3 is 2.31 bits per heavy atom. The minimum Gasteiger partial charge on any atom is -0.368 e. The van der Waals surface area contributed by atoms with Gasteiger partial charge in [0.25, 0.3) is 5.91 Å². The summed E-state index contributed by atoms with van der Waals surface area (Å²) in [6.45, 7) is 2.14. The monoisotopic (exact) mass is 377 g/mol. The molecule has 3 rings (SSSR count). The van der Waals surface area contributed by atoms with Crippen molar-refractivity contribution in [2.24, 2.45) is 0 Å². The molecule has 2 aromatic rings. The topological polar surface area (TPSA) is 69.7 Å². The first-order chi connectivity index (χ1) is 12.4. The molecule has 1 heterocycles. The van der Waals surface area contributed by atoms with Crippen molar-refractivity contribution in [3.8, 4) is 0 Å². The van der Waals surface area contributed by atoms with Crippen LogP contribution in [0.25, 0.3) is 0 Å². The first kappa shape index (κ1) is 18.3. The molecule has 1 fully saturated rings. The van der Waals surface area contributed by atoms with Crippen molar-refractivity contribution in [3.05, 3.63) is 59.9 Å². The van der Waals surface area contributed by atoms with Gasteiger partial charge in [-0.15, -0.1) is 0 Å². The summed E-state index contributed by atoms with van der Waals surface area (Å²) >= 11 is 0. The lowest BCUT2D eigenvalue weighted by molar-refractivity contribution is 0.0742. The SMILES string of the molecule is CNS(=O)(=O)c1ccc(F)c(C(=O)N2CCN(c3ccccc3)CC2)c1. The van der Waals surface area contributed by atoms with Crippen molar-refractivity contribution in [2.45, 2.75) is 4.90 Å². The number of anilines is 1. The second-order valence-corrected chi connectivity index (χ2v) is 7.85. The molecule has 0 aromatic heterocycles. The third-order valence-corrected chi connectivity index (χ3v) is 5.85. The Kier molecular flexibility index (Phi) is 5.24. The molecule has 26 heavy (non-hydrogen) atoms. The number of halogens is 1. The van der Waals surface area contributed by atoms with E-state index in [0.717, 1.165) is 23.9 Å². The lowest BCUT2D eigenvalue weighted by Crippen LogP contribution is -2.49. The molecule has 1 N–H and O–H groups in total. The van der Waals surface area contributed by atoms with E-state index in [-0.39, 0.29) is 10.5 Å². The van der Waals surface area contributed by atoms with Gasteiger partial charge in [-0.3, -0.25) is 4.79 Å². The third-order valence-electron chi connectivity index (χ3n) is 4.44. The molecule has 0 unspecified atom stereocenters. The Morgan fingerprint density at radius 1 is 1.04 bits per heavy atom. The number of para-hydroxylation sites is 1. The third kappa shape index (κ3) is 3.71. The highest BCUT2D eigenvalue weighted by Crippen LogP contribution is 2.20. The second kappa shape index (κ2) is 7.43. The Balaban J connectivity index is 1.76. The largest absolute Gasteiger partial charge is 0.368 e. The van der Waals surface area contributed by atoms with Crippen LogP contribution in [0.4, 0.5) is 10.1 Å². The van der Waals surface area contributed by atoms with Crippen molar-refractivity contribution in [2.75, 3.05) is 38.1 Å². The van der Waals surface area contributed by atoms with Crippen LogP contribution in [0.15, 0.2) is 53.4 Å². The van der Waals surface area contributed by atoms with Crippen LogP contribution < -0.4 is 9.62 Å². The fourth-order valence-corrected chi connectivity index (χ4v) is 3.69. The Hall–Kier alpha value is -2.45. The number of sulfonamides is 1. The standard InChI is InChI=1S/C18H20FN3O3S/c1-20-26(24,25)15-7-8-17(19)16(13-15)18(23)22-11-9-21(10-12-22)14-5-3-2-4-6-14/h2-8,13,20H,9-12H2,1H3. The lowest BCUT2D eigenvalue weighted by atomic mass is 10.1. The molecule has 8 heteroatoms. The van der Waals surface area contributed by atoms with E-state index in [2.05, 4.69) is 9.62 Å². The predicted octanol–water partition coefficient (Wildman–Crippen LogP) is 1.70. The maximum atomic E-state index is 14.1. The van der Waals surface area contributed by atoms with Gasteiger partial charge in [-0.05, 0) is 37.4 Å². The number of piperazine rings is 1. The molecule has 0 radical (unpaired) electrons. The molecule has 1 amide bonds. The van der Waals surface area contributed by atoms with Gasteiger partial charge in [-0.25, -0.2) is 17.5 Å². The zero-order valence-electron chi connectivity index (χ0n) is 14.4. The average Bonchev–Trinajstić information content (AvgIpc) is 2.68. The molecule has 0 spiro atoms. The number of amides is 1. The molecule has 138 valence electrons. The predicted molar refractivity (Wildman–Crippen MR) is 97.2 cm³/mol. The van der Waals surface area contributed by atoms with Gasteiger partial charge in [0.1, 0.15) is 5.82 Å². The fraction of sp³-hybridized carbons (Fsp3) is 0.278. The van der Waals surface area contributed by atoms with Crippen molar-refractivity contribution >= 4 is 21.6 Å². The molecule has 0 aliphatic carbocycles. The van der Waals surface area contributed by atoms with Crippen molar-refractivity contribution < 1.29 is 17.6 Å². The highest BCUT2D eigenvalue weighted by atomic mass is 32.2. The molecule has 6 nitrogen and oxygen atoms in total. The zero-order valence-corrected chi connectivity index (χ0v) is 15.2. The summed E-state index contributed by atoms with van der Waals surface area (Å²) in [5.74, 6) is -1.22. The molecule has 0 saturated carbocycles. The summed E-state index contributed by atoms with van der Waals surface area (Å²) in [6.07, 6.45) is 0. The quantitative estimate of drug-likeness (QED) is 0.881. The van der Waals surface area contributed by atoms with E-state index in [4.69, 9.17) is 0 Å². The Morgan fingerprint density at radius 2 is 1.69 bits per heavy atom. The molecular formula is C18H20FN3O3S. The number of nitrogens with one attached hydrogen (secondary N) is 1. The van der Waals surface area contributed by atoms with E-state index < -0.39 is 21.7 Å². The van der Waals surface area contributed by atoms with Gasteiger partial charge in [-0.2, -0.15) is 0 Å². The van der Waals surface area contributed by atoms with Crippen LogP contribution >= 0.6 is 0 Å². The fourth-order valence-electron chi connectivity index (χ4n) is 2.93. The van der Waals surface area contributed by atoms with E-state index in [1.807, 2.05) is 30.3 Å². The van der Waals surface area contributed by atoms with E-state index in [9.17, 15) is 17.6 Å². The van der Waals surface area contributed by atoms with E-state index in [1.54, 1.807) is 4.90 Å². The molecule has 1 aliphatic heterocycles. The number of benzene rings is 2. The maximum Gasteiger partial charge on any atom is 0.256 e. The van der Waals surface area contributed by atoms with E-state index in [0.29, 0.717) is 26.2 Å². The summed E-state index contributed by atoms with van der Waals surface area (Å²) in [5.41, 5.74) is 0.849. The summed E-state index contributed by atoms with van der Waals surface area (Å²) in [4.78, 5) is 16.3. The first-order valence-electron chi connectivity index (χ1n) is 8.25. The number of carbonyl (C=O) groups is 1. The highest BCUT2D eigenvalue weighted by molar-refractivity contribution is 7.89. The second-order valence-electron chi connectivity index (χ2n) is 5.96. The van der Waals surface area contributed by atoms with Crippen LogP contribution in [0.1, 0.15) is 10.4 Å². The summed E-state index contributed by atoms with van der Waals surface area (Å²) in [7, 11) is -2.48. The molecule has 0 bridgehead atoms. The number of hydrogen-bond donors (Lipinski definition) is 1. The first-order valence-corrected chi connectivity index (χ1v) is 9.73. The molecule has 1 saturated heterocycles. The van der Waals surface area contributed by atoms with Gasteiger partial charge >= 0.3 is 0 Å². The minimum absolute atomic E-state index is 0.132. The van der Waals surface area contributed by atoms with E-state index in [1.165, 1.54) is 7.05 Å². The average molecular weight is 377 g/mol. The van der Waals surface area contributed by atoms with Gasteiger partial charge in [0, 0.05) is 31.9 Å². The summed E-state index contributed by atoms with van der Waals surface area (Å²) in [6, 6.07) is 13.1. The molecule has 2 aromatic carbocycles. The van der Waals surface area contributed by atoms with Crippen LogP contribution in [-0.2, 0) is 10.0 Å². The number of carbonyl (C=O) groups excluding carboxylic acids is 1. The van der Waals surface area contributed by atoms with Crippen LogP contribution in [0.3, 0.4) is 0 Å². The molecular weight excluding hydrogens is 357 g/mol. The zero-order chi connectivity index (χ0) is 18.7. The lowest BCUT2D eigenvalue weighted by Gasteiger charge is -2.36. The van der Waals surface area contributed by atoms with Gasteiger partial charge in [0.05, 0.1) is 10.5 Å². The summed E-state index contributed by atoms with van der Waals surface area (Å²) in [5, 5.41) is 0. The van der Waals surface area contributed by atoms with Gasteiger partial charge in [0.2, 0.25) is 10.0 Å². The molecule has 0 atom stereocenters. The van der Waals surface area contributed by atoms with Crippen LogP contribution in [0.5, 0.6) is 0 Å². The smallest absolute Gasteiger partial charge is 0.256 e. The van der Waals surface area contributed by atoms with Crippen LogP contribution in [0, 0.1) is 5.82 Å². The van der Waals surface area contributed by atoms with Gasteiger partial charge < -0.3 is 9.80 Å². The maximum absolute atomic E-state index is 14.1. The van der Waals surface area contributed by atoms with Crippen molar-refractivity contribution in [1.29, 1.82) is 0 Å². The summed E-state index contributed by atoms with van der Waals surface area (Å²) < 4.78 is 40.1. The normalized spacial score (nSPS) is 15.2. The van der Waals surface area contributed by atoms with E-state index >= 15 is 0 Å². The van der Waals surface area contributed by atoms with Crippen LogP contribution in [0.2, 0.25) is 0 Å². The van der Waals surface area contributed by atoms with Crippen molar-refractivity contribution in [1.82, 2.24) is 9.62 Å².